The molecule has 5 nitrogen and oxygen atoms in total. The van der Waals surface area contributed by atoms with Gasteiger partial charge in [-0.05, 0) is 26.7 Å². The summed E-state index contributed by atoms with van der Waals surface area (Å²) in [5.41, 5.74) is -0.289. The second kappa shape index (κ2) is 4.92. The highest BCUT2D eigenvalue weighted by Crippen LogP contribution is 2.27. The molecule has 17 heavy (non-hydrogen) atoms. The van der Waals surface area contributed by atoms with E-state index in [2.05, 4.69) is 11.8 Å². The zero-order valence-corrected chi connectivity index (χ0v) is 10.5. The molecule has 5 heteroatoms. The fourth-order valence-electron chi connectivity index (χ4n) is 2.66. The predicted molar refractivity (Wildman–Crippen MR) is 62.0 cm³/mol. The summed E-state index contributed by atoms with van der Waals surface area (Å²) in [4.78, 5) is 12.7. The average Bonchev–Trinajstić information content (AvgIpc) is 2.59. The van der Waals surface area contributed by atoms with Gasteiger partial charge >= 0.3 is 5.97 Å². The van der Waals surface area contributed by atoms with Gasteiger partial charge in [0.25, 0.3) is 0 Å². The molecule has 0 aromatic heterocycles. The molecule has 0 aromatic rings. The van der Waals surface area contributed by atoms with Crippen molar-refractivity contribution < 1.29 is 19.4 Å². The van der Waals surface area contributed by atoms with Crippen LogP contribution in [0, 0.1) is 0 Å². The molecule has 0 saturated carbocycles. The molecule has 2 aliphatic heterocycles. The summed E-state index contributed by atoms with van der Waals surface area (Å²) >= 11 is 0. The van der Waals surface area contributed by atoms with Gasteiger partial charge in [-0.1, -0.05) is 0 Å². The Hall–Kier alpha value is -0.650. The molecule has 2 fully saturated rings. The third-order valence-corrected chi connectivity index (χ3v) is 3.44. The van der Waals surface area contributed by atoms with Gasteiger partial charge in [0.2, 0.25) is 0 Å². The maximum atomic E-state index is 10.4. The van der Waals surface area contributed by atoms with Crippen LogP contribution in [0.15, 0.2) is 0 Å². The normalized spacial score (nSPS) is 32.4. The lowest BCUT2D eigenvalue weighted by atomic mass is 9.95. The largest absolute Gasteiger partial charge is 0.480 e. The van der Waals surface area contributed by atoms with Crippen LogP contribution < -0.4 is 0 Å². The number of nitrogens with zero attached hydrogens (tertiary/aromatic N) is 1. The van der Waals surface area contributed by atoms with E-state index >= 15 is 0 Å². The van der Waals surface area contributed by atoms with E-state index in [1.807, 2.05) is 6.92 Å². The molecule has 2 rings (SSSR count). The van der Waals surface area contributed by atoms with Crippen LogP contribution in [0.2, 0.25) is 0 Å². The summed E-state index contributed by atoms with van der Waals surface area (Å²) in [5, 5.41) is 8.56. The minimum absolute atomic E-state index is 0.207. The van der Waals surface area contributed by atoms with Gasteiger partial charge < -0.3 is 14.6 Å². The number of hydrogen-bond donors (Lipinski definition) is 1. The summed E-state index contributed by atoms with van der Waals surface area (Å²) in [5.74, 6) is -0.905. The Bertz CT molecular complexity index is 288. The van der Waals surface area contributed by atoms with Gasteiger partial charge in [0.1, 0.15) is 6.61 Å². The number of carboxylic acids is 1. The van der Waals surface area contributed by atoms with Crippen LogP contribution in [0.1, 0.15) is 26.7 Å². The second-order valence-electron chi connectivity index (χ2n) is 5.45. The Labute approximate surface area is 102 Å². The molecule has 2 heterocycles. The van der Waals surface area contributed by atoms with Gasteiger partial charge in [-0.2, -0.15) is 0 Å². The molecule has 0 spiro atoms. The van der Waals surface area contributed by atoms with Gasteiger partial charge in [-0.3, -0.25) is 4.90 Å². The molecule has 98 valence electrons. The molecule has 0 aliphatic carbocycles. The molecular weight excluding hydrogens is 222 g/mol. The SMILES string of the molecule is CC1CCC(CN2CC(C)(OCC(=O)O)C2)O1. The fraction of sp³-hybridized carbons (Fsp3) is 0.917. The third-order valence-electron chi connectivity index (χ3n) is 3.44. The summed E-state index contributed by atoms with van der Waals surface area (Å²) in [6.45, 7) is 6.40. The molecule has 0 bridgehead atoms. The number of ether oxygens (including phenoxy) is 2. The number of likely N-dealkylation sites (tertiary alicyclic amines) is 1. The van der Waals surface area contributed by atoms with Crippen LogP contribution in [0.3, 0.4) is 0 Å². The monoisotopic (exact) mass is 243 g/mol. The van der Waals surface area contributed by atoms with Gasteiger partial charge in [-0.25, -0.2) is 4.79 Å². The van der Waals surface area contributed by atoms with E-state index in [9.17, 15) is 4.79 Å². The molecule has 2 unspecified atom stereocenters. The molecular formula is C12H21NO4. The highest BCUT2D eigenvalue weighted by Gasteiger charge is 2.41. The molecule has 2 saturated heterocycles. The Kier molecular flexibility index (Phi) is 3.70. The van der Waals surface area contributed by atoms with Crippen LogP contribution in [-0.2, 0) is 14.3 Å². The van der Waals surface area contributed by atoms with Gasteiger partial charge in [-0.15, -0.1) is 0 Å². The lowest BCUT2D eigenvalue weighted by Gasteiger charge is -2.48. The highest BCUT2D eigenvalue weighted by molar-refractivity contribution is 5.68. The standard InChI is InChI=1S/C12H21NO4/c1-9-3-4-10(17-9)5-13-7-12(2,8-13)16-6-11(14)15/h9-10H,3-8H2,1-2H3,(H,14,15). The van der Waals surface area contributed by atoms with Crippen molar-refractivity contribution >= 4 is 5.97 Å². The predicted octanol–water partition coefficient (Wildman–Crippen LogP) is 0.729. The Morgan fingerprint density at radius 2 is 2.24 bits per heavy atom. The van der Waals surface area contributed by atoms with E-state index in [1.54, 1.807) is 0 Å². The first-order valence-corrected chi connectivity index (χ1v) is 6.20. The second-order valence-corrected chi connectivity index (χ2v) is 5.45. The lowest BCUT2D eigenvalue weighted by molar-refractivity contribution is -0.167. The van der Waals surface area contributed by atoms with E-state index in [4.69, 9.17) is 14.6 Å². The Morgan fingerprint density at radius 3 is 2.76 bits per heavy atom. The maximum Gasteiger partial charge on any atom is 0.329 e. The molecule has 2 aliphatic rings. The summed E-state index contributed by atoms with van der Waals surface area (Å²) in [7, 11) is 0. The lowest BCUT2D eigenvalue weighted by Crippen LogP contribution is -2.62. The summed E-state index contributed by atoms with van der Waals surface area (Å²) in [6, 6.07) is 0. The van der Waals surface area contributed by atoms with Crippen molar-refractivity contribution in [1.82, 2.24) is 4.90 Å². The summed E-state index contributed by atoms with van der Waals surface area (Å²) < 4.78 is 11.1. The minimum Gasteiger partial charge on any atom is -0.480 e. The molecule has 0 radical (unpaired) electrons. The summed E-state index contributed by atoms with van der Waals surface area (Å²) in [6.07, 6.45) is 3.00. The van der Waals surface area contributed by atoms with Crippen molar-refractivity contribution in [2.24, 2.45) is 0 Å². The van der Waals surface area contributed by atoms with Crippen molar-refractivity contribution in [3.8, 4) is 0 Å². The van der Waals surface area contributed by atoms with Crippen molar-refractivity contribution in [3.05, 3.63) is 0 Å². The zero-order valence-electron chi connectivity index (χ0n) is 10.5. The Balaban J connectivity index is 1.66. The molecule has 1 N–H and O–H groups in total. The smallest absolute Gasteiger partial charge is 0.329 e. The van der Waals surface area contributed by atoms with Crippen LogP contribution in [0.5, 0.6) is 0 Å². The van der Waals surface area contributed by atoms with Crippen molar-refractivity contribution in [3.63, 3.8) is 0 Å². The third kappa shape index (κ3) is 3.40. The van der Waals surface area contributed by atoms with E-state index in [1.165, 1.54) is 0 Å². The topological polar surface area (TPSA) is 59.0 Å². The van der Waals surface area contributed by atoms with Crippen LogP contribution >= 0.6 is 0 Å². The first-order chi connectivity index (χ1) is 7.97. The van der Waals surface area contributed by atoms with Gasteiger partial charge in [0, 0.05) is 19.6 Å². The van der Waals surface area contributed by atoms with Crippen molar-refractivity contribution in [2.75, 3.05) is 26.2 Å². The molecule has 2 atom stereocenters. The van der Waals surface area contributed by atoms with Gasteiger partial charge in [0.15, 0.2) is 0 Å². The minimum atomic E-state index is -0.905. The molecule has 0 amide bonds. The van der Waals surface area contributed by atoms with Gasteiger partial charge in [0.05, 0.1) is 17.8 Å². The van der Waals surface area contributed by atoms with E-state index in [0.717, 1.165) is 32.5 Å². The quantitative estimate of drug-likeness (QED) is 0.771. The van der Waals surface area contributed by atoms with Crippen molar-refractivity contribution in [1.29, 1.82) is 0 Å². The number of carbonyl (C=O) groups is 1. The van der Waals surface area contributed by atoms with E-state index < -0.39 is 5.97 Å². The first-order valence-electron chi connectivity index (χ1n) is 6.20. The van der Waals surface area contributed by atoms with Crippen LogP contribution in [-0.4, -0.2) is 60.0 Å². The van der Waals surface area contributed by atoms with E-state index in [-0.39, 0.29) is 12.2 Å². The Morgan fingerprint density at radius 1 is 1.53 bits per heavy atom. The first kappa shape index (κ1) is 12.8. The maximum absolute atomic E-state index is 10.4. The zero-order chi connectivity index (χ0) is 12.5. The fourth-order valence-corrected chi connectivity index (χ4v) is 2.66. The number of rotatable bonds is 5. The number of hydrogen-bond acceptors (Lipinski definition) is 4. The van der Waals surface area contributed by atoms with Crippen LogP contribution in [0.25, 0.3) is 0 Å². The average molecular weight is 243 g/mol. The highest BCUT2D eigenvalue weighted by atomic mass is 16.5. The van der Waals surface area contributed by atoms with Crippen LogP contribution in [0.4, 0.5) is 0 Å². The molecule has 0 aromatic carbocycles. The number of aliphatic carboxylic acids is 1. The van der Waals surface area contributed by atoms with E-state index in [0.29, 0.717) is 12.2 Å². The van der Waals surface area contributed by atoms with Crippen molar-refractivity contribution in [2.45, 2.75) is 44.5 Å². The number of carboxylic acid groups (broad SMARTS) is 1.